The fraction of sp³-hybridized carbons (Fsp3) is 0.643. The lowest BCUT2D eigenvalue weighted by atomic mass is 9.91. The van der Waals surface area contributed by atoms with Gasteiger partial charge in [-0.1, -0.05) is 6.07 Å². The molecule has 2 aliphatic rings. The van der Waals surface area contributed by atoms with Gasteiger partial charge >= 0.3 is 0 Å². The van der Waals surface area contributed by atoms with E-state index in [1.165, 1.54) is 12.0 Å². The normalized spacial score (nSPS) is 31.3. The fourth-order valence-electron chi connectivity index (χ4n) is 2.86. The van der Waals surface area contributed by atoms with Crippen LogP contribution in [0.3, 0.4) is 0 Å². The highest BCUT2D eigenvalue weighted by Gasteiger charge is 2.33. The summed E-state index contributed by atoms with van der Waals surface area (Å²) in [4.78, 5) is 4.49. The van der Waals surface area contributed by atoms with E-state index < -0.39 is 5.60 Å². The molecular formula is C14H20N2O2. The molecular weight excluding hydrogens is 228 g/mol. The van der Waals surface area contributed by atoms with Gasteiger partial charge in [0, 0.05) is 31.8 Å². The minimum atomic E-state index is -0.688. The molecule has 1 saturated heterocycles. The summed E-state index contributed by atoms with van der Waals surface area (Å²) in [6.07, 6.45) is 5.98. The van der Waals surface area contributed by atoms with Gasteiger partial charge in [-0.3, -0.25) is 4.98 Å². The van der Waals surface area contributed by atoms with E-state index in [2.05, 4.69) is 16.4 Å². The number of hydrogen-bond donors (Lipinski definition) is 2. The van der Waals surface area contributed by atoms with Gasteiger partial charge in [-0.05, 0) is 30.9 Å². The molecule has 0 spiro atoms. The van der Waals surface area contributed by atoms with Gasteiger partial charge in [-0.2, -0.15) is 0 Å². The van der Waals surface area contributed by atoms with Gasteiger partial charge in [0.2, 0.25) is 0 Å². The van der Waals surface area contributed by atoms with Gasteiger partial charge in [-0.25, -0.2) is 0 Å². The molecule has 4 nitrogen and oxygen atoms in total. The first kappa shape index (κ1) is 12.1. The maximum absolute atomic E-state index is 10.3. The van der Waals surface area contributed by atoms with Gasteiger partial charge in [0.1, 0.15) is 5.60 Å². The molecule has 2 unspecified atom stereocenters. The Bertz CT molecular complexity index is 416. The summed E-state index contributed by atoms with van der Waals surface area (Å²) >= 11 is 0. The molecule has 98 valence electrons. The monoisotopic (exact) mass is 248 g/mol. The van der Waals surface area contributed by atoms with E-state index in [-0.39, 0.29) is 6.04 Å². The molecule has 0 amide bonds. The van der Waals surface area contributed by atoms with Crippen LogP contribution in [0.1, 0.15) is 36.6 Å². The van der Waals surface area contributed by atoms with E-state index in [1.54, 1.807) is 0 Å². The van der Waals surface area contributed by atoms with E-state index in [4.69, 9.17) is 4.74 Å². The summed E-state index contributed by atoms with van der Waals surface area (Å²) in [5, 5.41) is 13.7. The van der Waals surface area contributed by atoms with Crippen molar-refractivity contribution in [1.82, 2.24) is 10.3 Å². The summed E-state index contributed by atoms with van der Waals surface area (Å²) in [6, 6.07) is 4.43. The van der Waals surface area contributed by atoms with Crippen LogP contribution in [0.2, 0.25) is 0 Å². The maximum atomic E-state index is 10.3. The number of aliphatic hydroxyl groups is 1. The van der Waals surface area contributed by atoms with E-state index >= 15 is 0 Å². The van der Waals surface area contributed by atoms with Crippen molar-refractivity contribution >= 4 is 0 Å². The third-order valence-electron chi connectivity index (χ3n) is 3.96. The lowest BCUT2D eigenvalue weighted by Gasteiger charge is -2.29. The molecule has 4 heteroatoms. The van der Waals surface area contributed by atoms with Crippen LogP contribution < -0.4 is 5.32 Å². The SMILES string of the molecule is OC1(CNC2CCCc3cccnc32)CCOC1. The Balaban J connectivity index is 1.67. The van der Waals surface area contributed by atoms with Crippen molar-refractivity contribution in [3.05, 3.63) is 29.6 Å². The van der Waals surface area contributed by atoms with Crippen molar-refractivity contribution in [3.63, 3.8) is 0 Å². The number of aromatic nitrogens is 1. The zero-order valence-electron chi connectivity index (χ0n) is 10.6. The minimum Gasteiger partial charge on any atom is -0.386 e. The van der Waals surface area contributed by atoms with Crippen LogP contribution >= 0.6 is 0 Å². The number of fused-ring (bicyclic) bond motifs is 1. The van der Waals surface area contributed by atoms with E-state index in [1.807, 2.05) is 12.3 Å². The molecule has 0 radical (unpaired) electrons. The molecule has 2 N–H and O–H groups in total. The quantitative estimate of drug-likeness (QED) is 0.844. The Labute approximate surface area is 107 Å². The van der Waals surface area contributed by atoms with E-state index in [0.29, 0.717) is 19.8 Å². The zero-order chi connectivity index (χ0) is 12.4. The molecule has 1 fully saturated rings. The number of aryl methyl sites for hydroxylation is 1. The summed E-state index contributed by atoms with van der Waals surface area (Å²) in [5.41, 5.74) is 1.81. The first-order valence-electron chi connectivity index (χ1n) is 6.74. The largest absolute Gasteiger partial charge is 0.386 e. The van der Waals surface area contributed by atoms with Gasteiger partial charge < -0.3 is 15.2 Å². The minimum absolute atomic E-state index is 0.277. The molecule has 1 aliphatic carbocycles. The molecule has 1 aromatic rings. The van der Waals surface area contributed by atoms with Crippen molar-refractivity contribution in [2.45, 2.75) is 37.3 Å². The smallest absolute Gasteiger partial charge is 0.103 e. The average molecular weight is 248 g/mol. The number of nitrogens with zero attached hydrogens (tertiary/aromatic N) is 1. The van der Waals surface area contributed by atoms with Gasteiger partial charge in [0.25, 0.3) is 0 Å². The van der Waals surface area contributed by atoms with Crippen LogP contribution in [-0.2, 0) is 11.2 Å². The number of rotatable bonds is 3. The summed E-state index contributed by atoms with van der Waals surface area (Å²) < 4.78 is 5.26. The molecule has 0 saturated carbocycles. The zero-order valence-corrected chi connectivity index (χ0v) is 10.6. The predicted molar refractivity (Wildman–Crippen MR) is 68.3 cm³/mol. The number of pyridine rings is 1. The Kier molecular flexibility index (Phi) is 3.33. The lowest BCUT2D eigenvalue weighted by Crippen LogP contribution is -2.43. The highest BCUT2D eigenvalue weighted by molar-refractivity contribution is 5.25. The molecule has 3 rings (SSSR count). The molecule has 18 heavy (non-hydrogen) atoms. The second-order valence-corrected chi connectivity index (χ2v) is 5.40. The van der Waals surface area contributed by atoms with Crippen molar-refractivity contribution < 1.29 is 9.84 Å². The van der Waals surface area contributed by atoms with Crippen LogP contribution in [0, 0.1) is 0 Å². The highest BCUT2D eigenvalue weighted by Crippen LogP contribution is 2.28. The van der Waals surface area contributed by atoms with Crippen LogP contribution in [0.5, 0.6) is 0 Å². The molecule has 2 atom stereocenters. The highest BCUT2D eigenvalue weighted by atomic mass is 16.5. The van der Waals surface area contributed by atoms with Gasteiger partial charge in [0.05, 0.1) is 12.3 Å². The van der Waals surface area contributed by atoms with Gasteiger partial charge in [-0.15, -0.1) is 0 Å². The van der Waals surface area contributed by atoms with E-state index in [9.17, 15) is 5.11 Å². The van der Waals surface area contributed by atoms with Crippen molar-refractivity contribution in [2.24, 2.45) is 0 Å². The molecule has 0 bridgehead atoms. The summed E-state index contributed by atoms with van der Waals surface area (Å²) in [6.45, 7) is 1.70. The van der Waals surface area contributed by atoms with Crippen LogP contribution in [0.25, 0.3) is 0 Å². The van der Waals surface area contributed by atoms with Crippen molar-refractivity contribution in [3.8, 4) is 0 Å². The van der Waals surface area contributed by atoms with Crippen LogP contribution in [0.4, 0.5) is 0 Å². The topological polar surface area (TPSA) is 54.4 Å². The molecule has 0 aromatic carbocycles. The Hall–Kier alpha value is -0.970. The Morgan fingerprint density at radius 1 is 1.56 bits per heavy atom. The van der Waals surface area contributed by atoms with E-state index in [0.717, 1.165) is 25.0 Å². The number of ether oxygens (including phenoxy) is 1. The second-order valence-electron chi connectivity index (χ2n) is 5.40. The van der Waals surface area contributed by atoms with Crippen molar-refractivity contribution in [2.75, 3.05) is 19.8 Å². The molecule has 2 heterocycles. The first-order chi connectivity index (χ1) is 8.77. The van der Waals surface area contributed by atoms with Crippen LogP contribution in [0.15, 0.2) is 18.3 Å². The third-order valence-corrected chi connectivity index (χ3v) is 3.96. The first-order valence-corrected chi connectivity index (χ1v) is 6.74. The summed E-state index contributed by atoms with van der Waals surface area (Å²) in [7, 11) is 0. The number of hydrogen-bond acceptors (Lipinski definition) is 4. The molecule has 1 aliphatic heterocycles. The average Bonchev–Trinajstić information content (AvgIpc) is 2.84. The molecule has 1 aromatic heterocycles. The Morgan fingerprint density at radius 3 is 3.33 bits per heavy atom. The predicted octanol–water partition coefficient (Wildman–Crippen LogP) is 1.20. The maximum Gasteiger partial charge on any atom is 0.103 e. The van der Waals surface area contributed by atoms with Crippen molar-refractivity contribution in [1.29, 1.82) is 0 Å². The Morgan fingerprint density at radius 2 is 2.50 bits per heavy atom. The third kappa shape index (κ3) is 2.41. The lowest BCUT2D eigenvalue weighted by molar-refractivity contribution is 0.0242. The van der Waals surface area contributed by atoms with Gasteiger partial charge in [0.15, 0.2) is 0 Å². The van der Waals surface area contributed by atoms with Crippen LogP contribution in [-0.4, -0.2) is 35.5 Å². The standard InChI is InChI=1S/C14H20N2O2/c17-14(6-8-18-10-14)9-16-12-5-1-3-11-4-2-7-15-13(11)12/h2,4,7,12,16-17H,1,3,5-6,8-10H2. The second kappa shape index (κ2) is 4.96. The number of nitrogens with one attached hydrogen (secondary N) is 1. The summed E-state index contributed by atoms with van der Waals surface area (Å²) in [5.74, 6) is 0. The fourth-order valence-corrected chi connectivity index (χ4v) is 2.86.